The summed E-state index contributed by atoms with van der Waals surface area (Å²) in [7, 11) is 0. The Balaban J connectivity index is 4.09. The summed E-state index contributed by atoms with van der Waals surface area (Å²) in [6.07, 6.45) is 17.9. The molecule has 0 radical (unpaired) electrons. The summed E-state index contributed by atoms with van der Waals surface area (Å²) in [5.74, 6) is -5.31. The van der Waals surface area contributed by atoms with Crippen molar-refractivity contribution in [3.8, 4) is 0 Å². The summed E-state index contributed by atoms with van der Waals surface area (Å²) in [6.45, 7) is 12.7. The van der Waals surface area contributed by atoms with Gasteiger partial charge in [-0.25, -0.2) is 28.8 Å². The van der Waals surface area contributed by atoms with Crippen LogP contribution in [0.1, 0.15) is 174 Å². The van der Waals surface area contributed by atoms with Gasteiger partial charge in [0, 0.05) is 0 Å². The van der Waals surface area contributed by atoms with Crippen molar-refractivity contribution in [2.75, 3.05) is 39.6 Å². The smallest absolute Gasteiger partial charge is 0.345 e. The molecule has 0 saturated carbocycles. The Morgan fingerprint density at radius 3 is 0.633 bits per heavy atom. The van der Waals surface area contributed by atoms with Crippen molar-refractivity contribution in [3.05, 3.63) is 51.6 Å². The normalized spacial score (nSPS) is 10.5. The second-order valence-corrected chi connectivity index (χ2v) is 14.7. The molecule has 12 heteroatoms. The average Bonchev–Trinajstić information content (AvgIpc) is 3.24. The Morgan fingerprint density at radius 2 is 0.483 bits per heavy atom. The van der Waals surface area contributed by atoms with E-state index in [1.807, 2.05) is 41.5 Å². The van der Waals surface area contributed by atoms with E-state index in [9.17, 15) is 28.8 Å². The molecule has 12 nitrogen and oxygen atoms in total. The Morgan fingerprint density at radius 1 is 0.317 bits per heavy atom. The Labute approximate surface area is 358 Å². The summed E-state index contributed by atoms with van der Waals surface area (Å²) in [4.78, 5) is 80.7. The van der Waals surface area contributed by atoms with Crippen LogP contribution in [0.25, 0.3) is 18.2 Å². The van der Waals surface area contributed by atoms with E-state index in [0.29, 0.717) is 38.5 Å². The van der Waals surface area contributed by atoms with Gasteiger partial charge in [0.1, 0.15) is 16.7 Å². The van der Waals surface area contributed by atoms with Gasteiger partial charge < -0.3 is 28.4 Å². The van der Waals surface area contributed by atoms with Gasteiger partial charge in [0.2, 0.25) is 0 Å². The molecule has 1 aromatic carbocycles. The quantitative estimate of drug-likeness (QED) is 0.0165. The van der Waals surface area contributed by atoms with Crippen LogP contribution in [-0.2, 0) is 57.2 Å². The number of hydrogen-bond donors (Lipinski definition) is 0. The van der Waals surface area contributed by atoms with Crippen LogP contribution >= 0.6 is 0 Å². The third kappa shape index (κ3) is 23.2. The first-order chi connectivity index (χ1) is 29.1. The molecule has 336 valence electrons. The topological polar surface area (TPSA) is 158 Å². The molecule has 0 bridgehead atoms. The van der Waals surface area contributed by atoms with Gasteiger partial charge in [-0.1, -0.05) is 119 Å². The maximum Gasteiger partial charge on any atom is 0.345 e. The molecule has 0 unspecified atom stereocenters. The van der Waals surface area contributed by atoms with Crippen LogP contribution < -0.4 is 0 Å². The molecule has 0 aliphatic carbocycles. The summed E-state index contributed by atoms with van der Waals surface area (Å²) < 4.78 is 32.9. The number of rotatable bonds is 33. The predicted octanol–water partition coefficient (Wildman–Crippen LogP) is 10.2. The monoisotopic (exact) mass is 841 g/mol. The van der Waals surface area contributed by atoms with E-state index in [4.69, 9.17) is 28.4 Å². The second kappa shape index (κ2) is 34.0. The van der Waals surface area contributed by atoms with Gasteiger partial charge in [-0.2, -0.15) is 0 Å². The van der Waals surface area contributed by atoms with Crippen molar-refractivity contribution in [1.82, 2.24) is 0 Å². The van der Waals surface area contributed by atoms with E-state index in [1.165, 1.54) is 36.4 Å². The lowest BCUT2D eigenvalue weighted by atomic mass is 10.00. The molecule has 60 heavy (non-hydrogen) atoms. The lowest BCUT2D eigenvalue weighted by Crippen LogP contribution is -2.20. The minimum Gasteiger partial charge on any atom is -0.462 e. The number of ether oxygens (including phenoxy) is 6. The molecule has 0 aliphatic rings. The van der Waals surface area contributed by atoms with E-state index in [1.54, 1.807) is 0 Å². The number of esters is 6. The van der Waals surface area contributed by atoms with Gasteiger partial charge in [0.25, 0.3) is 0 Å². The van der Waals surface area contributed by atoms with Crippen molar-refractivity contribution in [2.24, 2.45) is 0 Å². The van der Waals surface area contributed by atoms with Gasteiger partial charge >= 0.3 is 35.8 Å². The Kier molecular flexibility index (Phi) is 30.2. The van der Waals surface area contributed by atoms with Gasteiger partial charge in [-0.05, 0) is 91.6 Å². The average molecular weight is 841 g/mol. The first-order valence-electron chi connectivity index (χ1n) is 22.4. The SMILES string of the molecule is CCCCCOC(=O)C(=Cc1cc(C=C(C(=O)OCCCCC)C(=O)OCCCCC)cc(C=C(C(=O)OCCCCC)C(=O)OCCCCC)c1)C(=O)OCCCCC. The molecule has 0 fully saturated rings. The standard InChI is InChI=1S/C48H72O12/c1-7-13-19-25-55-43(49)40(44(50)56-26-20-14-8-2)34-37-31-38(35-41(45(51)57-27-21-15-9-3)46(52)58-28-22-16-10-4)33-39(32-37)36-42(47(53)59-29-23-17-11-5)48(54)60-30-24-18-12-6/h31-36H,7-30H2,1-6H3. The highest BCUT2D eigenvalue weighted by Crippen LogP contribution is 2.22. The molecule has 0 atom stereocenters. The zero-order chi connectivity index (χ0) is 44.4. The Bertz CT molecular complexity index is 1280. The molecule has 1 aromatic rings. The van der Waals surface area contributed by atoms with Crippen LogP contribution in [0.4, 0.5) is 0 Å². The highest BCUT2D eigenvalue weighted by Gasteiger charge is 2.25. The van der Waals surface area contributed by atoms with Crippen LogP contribution in [0.15, 0.2) is 34.9 Å². The molecular formula is C48H72O12. The van der Waals surface area contributed by atoms with Crippen LogP contribution in [0.2, 0.25) is 0 Å². The Hall–Kier alpha value is -4.74. The van der Waals surface area contributed by atoms with E-state index >= 15 is 0 Å². The molecule has 0 spiro atoms. The third-order valence-electron chi connectivity index (χ3n) is 9.14. The van der Waals surface area contributed by atoms with Crippen LogP contribution in [0.3, 0.4) is 0 Å². The largest absolute Gasteiger partial charge is 0.462 e. The summed E-state index contributed by atoms with van der Waals surface area (Å²) >= 11 is 0. The fourth-order valence-corrected chi connectivity index (χ4v) is 5.62. The fourth-order valence-electron chi connectivity index (χ4n) is 5.62. The minimum atomic E-state index is -0.886. The maximum absolute atomic E-state index is 13.5. The highest BCUT2D eigenvalue weighted by atomic mass is 16.6. The van der Waals surface area contributed by atoms with E-state index < -0.39 is 35.8 Å². The molecule has 0 amide bonds. The maximum atomic E-state index is 13.5. The molecule has 0 aliphatic heterocycles. The van der Waals surface area contributed by atoms with Crippen molar-refractivity contribution in [3.63, 3.8) is 0 Å². The molecule has 0 aromatic heterocycles. The minimum absolute atomic E-state index is 0.0953. The highest BCUT2D eigenvalue weighted by molar-refractivity contribution is 6.19. The third-order valence-corrected chi connectivity index (χ3v) is 9.14. The number of carbonyl (C=O) groups is 6. The van der Waals surface area contributed by atoms with E-state index in [-0.39, 0.29) is 73.1 Å². The summed E-state index contributed by atoms with van der Waals surface area (Å²) in [6, 6.07) is 4.60. The molecule has 0 saturated heterocycles. The first kappa shape index (κ1) is 53.3. The molecule has 0 heterocycles. The zero-order valence-electron chi connectivity index (χ0n) is 37.3. The van der Waals surface area contributed by atoms with Gasteiger partial charge in [0.05, 0.1) is 39.6 Å². The van der Waals surface area contributed by atoms with Gasteiger partial charge in [-0.15, -0.1) is 0 Å². The number of carbonyl (C=O) groups excluding carboxylic acids is 6. The van der Waals surface area contributed by atoms with Crippen LogP contribution in [0.5, 0.6) is 0 Å². The van der Waals surface area contributed by atoms with Crippen LogP contribution in [0, 0.1) is 0 Å². The predicted molar refractivity (Wildman–Crippen MR) is 233 cm³/mol. The van der Waals surface area contributed by atoms with Gasteiger partial charge in [0.15, 0.2) is 0 Å². The number of benzene rings is 1. The number of unbranched alkanes of at least 4 members (excludes halogenated alkanes) is 12. The number of hydrogen-bond acceptors (Lipinski definition) is 12. The van der Waals surface area contributed by atoms with Gasteiger partial charge in [-0.3, -0.25) is 0 Å². The summed E-state index contributed by atoms with van der Waals surface area (Å²) in [5.41, 5.74) is -0.428. The van der Waals surface area contributed by atoms with E-state index in [2.05, 4.69) is 0 Å². The molecular weight excluding hydrogens is 769 g/mol. The van der Waals surface area contributed by atoms with E-state index in [0.717, 1.165) is 77.0 Å². The fraction of sp³-hybridized carbons (Fsp3) is 0.625. The van der Waals surface area contributed by atoms with Crippen molar-refractivity contribution >= 4 is 54.0 Å². The van der Waals surface area contributed by atoms with Crippen LogP contribution in [-0.4, -0.2) is 75.5 Å². The summed E-state index contributed by atoms with van der Waals surface area (Å²) in [5, 5.41) is 0. The molecule has 1 rings (SSSR count). The van der Waals surface area contributed by atoms with Crippen molar-refractivity contribution < 1.29 is 57.2 Å². The lowest BCUT2D eigenvalue weighted by molar-refractivity contribution is -0.148. The van der Waals surface area contributed by atoms with Crippen molar-refractivity contribution in [2.45, 2.75) is 157 Å². The lowest BCUT2D eigenvalue weighted by Gasteiger charge is -2.12. The second-order valence-electron chi connectivity index (χ2n) is 14.7. The van der Waals surface area contributed by atoms with Crippen molar-refractivity contribution in [1.29, 1.82) is 0 Å². The zero-order valence-corrected chi connectivity index (χ0v) is 37.3. The molecule has 0 N–H and O–H groups in total. The first-order valence-corrected chi connectivity index (χ1v) is 22.4.